The Morgan fingerprint density at radius 2 is 2.13 bits per heavy atom. The van der Waals surface area contributed by atoms with Gasteiger partial charge in [0.25, 0.3) is 5.91 Å². The van der Waals surface area contributed by atoms with E-state index in [2.05, 4.69) is 31.8 Å². The van der Waals surface area contributed by atoms with Crippen LogP contribution in [-0.2, 0) is 4.79 Å². The Kier molecular flexibility index (Phi) is 7.12. The van der Waals surface area contributed by atoms with Crippen molar-refractivity contribution in [2.24, 2.45) is 10.9 Å². The van der Waals surface area contributed by atoms with E-state index in [4.69, 9.17) is 6.42 Å². The average Bonchev–Trinajstić information content (AvgIpc) is 2.77. The van der Waals surface area contributed by atoms with Crippen LogP contribution in [0, 0.1) is 18.3 Å². The highest BCUT2D eigenvalue weighted by molar-refractivity contribution is 14.0. The smallest absolute Gasteiger partial charge is 0.322 e. The SMILES string of the molecule is C#CCN=C(NCC)N1CCC(C2(C)NC(=O)NC2=O)CC1.I. The van der Waals surface area contributed by atoms with Crippen LogP contribution in [0.3, 0.4) is 0 Å². The van der Waals surface area contributed by atoms with Crippen molar-refractivity contribution in [1.29, 1.82) is 0 Å². The molecule has 2 heterocycles. The number of amides is 3. The molecular formula is C15H24IN5O2. The molecular weight excluding hydrogens is 409 g/mol. The summed E-state index contributed by atoms with van der Waals surface area (Å²) in [6.07, 6.45) is 6.89. The van der Waals surface area contributed by atoms with Gasteiger partial charge in [0.2, 0.25) is 0 Å². The third kappa shape index (κ3) is 4.28. The van der Waals surface area contributed by atoms with Crippen molar-refractivity contribution < 1.29 is 9.59 Å². The van der Waals surface area contributed by atoms with E-state index in [-0.39, 0.29) is 35.8 Å². The zero-order valence-corrected chi connectivity index (χ0v) is 15.8. The molecule has 23 heavy (non-hydrogen) atoms. The number of carbonyl (C=O) groups excluding carboxylic acids is 2. The summed E-state index contributed by atoms with van der Waals surface area (Å²) in [5.41, 5.74) is -0.808. The van der Waals surface area contributed by atoms with Crippen LogP contribution in [0.2, 0.25) is 0 Å². The van der Waals surface area contributed by atoms with Gasteiger partial charge in [0.05, 0.1) is 0 Å². The minimum Gasteiger partial charge on any atom is -0.356 e. The number of hydrogen-bond acceptors (Lipinski definition) is 3. The normalized spacial score (nSPS) is 25.3. The van der Waals surface area contributed by atoms with Crippen LogP contribution in [0.25, 0.3) is 0 Å². The molecule has 1 unspecified atom stereocenters. The summed E-state index contributed by atoms with van der Waals surface area (Å²) in [6, 6.07) is -0.404. The topological polar surface area (TPSA) is 85.8 Å². The van der Waals surface area contributed by atoms with E-state index in [1.165, 1.54) is 0 Å². The fraction of sp³-hybridized carbons (Fsp3) is 0.667. The highest BCUT2D eigenvalue weighted by atomic mass is 127. The maximum atomic E-state index is 12.0. The van der Waals surface area contributed by atoms with Crippen molar-refractivity contribution in [1.82, 2.24) is 20.9 Å². The van der Waals surface area contributed by atoms with Gasteiger partial charge in [0, 0.05) is 19.6 Å². The van der Waals surface area contributed by atoms with E-state index in [0.717, 1.165) is 38.4 Å². The third-order valence-electron chi connectivity index (χ3n) is 4.34. The van der Waals surface area contributed by atoms with Gasteiger partial charge in [-0.3, -0.25) is 10.1 Å². The van der Waals surface area contributed by atoms with Crippen LogP contribution in [0.1, 0.15) is 26.7 Å². The lowest BCUT2D eigenvalue weighted by Crippen LogP contribution is -2.55. The average molecular weight is 433 g/mol. The first-order valence-corrected chi connectivity index (χ1v) is 7.61. The van der Waals surface area contributed by atoms with Gasteiger partial charge < -0.3 is 15.5 Å². The molecule has 2 aliphatic rings. The Bertz CT molecular complexity index is 522. The third-order valence-corrected chi connectivity index (χ3v) is 4.34. The molecule has 0 aromatic rings. The largest absolute Gasteiger partial charge is 0.356 e. The lowest BCUT2D eigenvalue weighted by Gasteiger charge is -2.39. The molecule has 2 fully saturated rings. The lowest BCUT2D eigenvalue weighted by atomic mass is 9.79. The van der Waals surface area contributed by atoms with Crippen LogP contribution in [0.5, 0.6) is 0 Å². The van der Waals surface area contributed by atoms with Gasteiger partial charge in [0.1, 0.15) is 12.1 Å². The molecule has 0 aromatic heterocycles. The van der Waals surface area contributed by atoms with Gasteiger partial charge in [-0.1, -0.05) is 5.92 Å². The number of piperidine rings is 1. The summed E-state index contributed by atoms with van der Waals surface area (Å²) in [5, 5.41) is 8.32. The molecule has 3 N–H and O–H groups in total. The first-order chi connectivity index (χ1) is 10.5. The summed E-state index contributed by atoms with van der Waals surface area (Å²) >= 11 is 0. The van der Waals surface area contributed by atoms with Crippen LogP contribution in [0.15, 0.2) is 4.99 Å². The second-order valence-corrected chi connectivity index (χ2v) is 5.75. The van der Waals surface area contributed by atoms with E-state index in [0.29, 0.717) is 6.54 Å². The minimum atomic E-state index is -0.808. The Morgan fingerprint density at radius 1 is 1.48 bits per heavy atom. The number of urea groups is 1. The number of terminal acetylenes is 1. The summed E-state index contributed by atoms with van der Waals surface area (Å²) in [6.45, 7) is 6.49. The molecule has 0 aliphatic carbocycles. The van der Waals surface area contributed by atoms with Gasteiger partial charge in [0.15, 0.2) is 5.96 Å². The molecule has 1 atom stereocenters. The summed E-state index contributed by atoms with van der Waals surface area (Å²) in [4.78, 5) is 29.9. The highest BCUT2D eigenvalue weighted by Gasteiger charge is 2.48. The molecule has 0 spiro atoms. The van der Waals surface area contributed by atoms with E-state index >= 15 is 0 Å². The quantitative estimate of drug-likeness (QED) is 0.199. The van der Waals surface area contributed by atoms with Crippen molar-refractivity contribution in [2.45, 2.75) is 32.2 Å². The van der Waals surface area contributed by atoms with Crippen LogP contribution >= 0.6 is 24.0 Å². The molecule has 2 aliphatic heterocycles. The van der Waals surface area contributed by atoms with Crippen LogP contribution < -0.4 is 16.0 Å². The molecule has 3 amide bonds. The van der Waals surface area contributed by atoms with Gasteiger partial charge in [-0.15, -0.1) is 30.4 Å². The number of nitrogens with one attached hydrogen (secondary N) is 3. The number of hydrogen-bond donors (Lipinski definition) is 3. The molecule has 8 heteroatoms. The van der Waals surface area contributed by atoms with Gasteiger partial charge in [-0.25, -0.2) is 9.79 Å². The van der Waals surface area contributed by atoms with Crippen LogP contribution in [0.4, 0.5) is 4.79 Å². The number of likely N-dealkylation sites (tertiary alicyclic amines) is 1. The van der Waals surface area contributed by atoms with E-state index < -0.39 is 11.6 Å². The molecule has 0 aromatic carbocycles. The predicted molar refractivity (Wildman–Crippen MR) is 99.6 cm³/mol. The number of aliphatic imine (C=N–C) groups is 1. The van der Waals surface area contributed by atoms with E-state index in [1.807, 2.05) is 6.92 Å². The maximum Gasteiger partial charge on any atom is 0.322 e. The standard InChI is InChI=1S/C15H23N5O2.HI/c1-4-8-17-13(16-5-2)20-9-6-11(7-10-20)15(3)12(21)18-14(22)19-15;/h1,11H,5-10H2,2-3H3,(H,16,17)(H2,18,19,21,22);1H. The first kappa shape index (κ1) is 19.5. The molecule has 7 nitrogen and oxygen atoms in total. The van der Waals surface area contributed by atoms with Crippen molar-refractivity contribution in [3.05, 3.63) is 0 Å². The van der Waals surface area contributed by atoms with Gasteiger partial charge >= 0.3 is 6.03 Å². The molecule has 0 saturated carbocycles. The van der Waals surface area contributed by atoms with E-state index in [1.54, 1.807) is 6.92 Å². The number of guanidine groups is 1. The minimum absolute atomic E-state index is 0. The Morgan fingerprint density at radius 3 is 2.61 bits per heavy atom. The van der Waals surface area contributed by atoms with Gasteiger partial charge in [-0.2, -0.15) is 0 Å². The first-order valence-electron chi connectivity index (χ1n) is 7.61. The van der Waals surface area contributed by atoms with Crippen molar-refractivity contribution in [3.8, 4) is 12.3 Å². The highest BCUT2D eigenvalue weighted by Crippen LogP contribution is 2.30. The second-order valence-electron chi connectivity index (χ2n) is 5.75. The Balaban J connectivity index is 0.00000264. The van der Waals surface area contributed by atoms with Crippen LogP contribution in [-0.4, -0.2) is 54.5 Å². The maximum absolute atomic E-state index is 12.0. The molecule has 0 bridgehead atoms. The fourth-order valence-electron chi connectivity index (χ4n) is 3.06. The number of rotatable bonds is 3. The van der Waals surface area contributed by atoms with Gasteiger partial charge in [-0.05, 0) is 32.6 Å². The zero-order chi connectivity index (χ0) is 16.2. The molecule has 128 valence electrons. The monoisotopic (exact) mass is 433 g/mol. The predicted octanol–water partition coefficient (Wildman–Crippen LogP) is 0.513. The van der Waals surface area contributed by atoms with Crippen molar-refractivity contribution >= 4 is 41.9 Å². The Hall–Kier alpha value is -1.50. The number of imide groups is 1. The summed E-state index contributed by atoms with van der Waals surface area (Å²) < 4.78 is 0. The molecule has 2 rings (SSSR count). The summed E-state index contributed by atoms with van der Waals surface area (Å²) in [7, 11) is 0. The van der Waals surface area contributed by atoms with Crippen molar-refractivity contribution in [2.75, 3.05) is 26.2 Å². The zero-order valence-electron chi connectivity index (χ0n) is 13.5. The molecule has 2 saturated heterocycles. The Labute approximate surface area is 154 Å². The number of halogens is 1. The molecule has 0 radical (unpaired) electrons. The lowest BCUT2D eigenvalue weighted by molar-refractivity contribution is -0.125. The fourth-order valence-corrected chi connectivity index (χ4v) is 3.06. The summed E-state index contributed by atoms with van der Waals surface area (Å²) in [5.74, 6) is 3.20. The van der Waals surface area contributed by atoms with E-state index in [9.17, 15) is 9.59 Å². The van der Waals surface area contributed by atoms with Crippen molar-refractivity contribution in [3.63, 3.8) is 0 Å². The number of carbonyl (C=O) groups is 2. The second kappa shape index (κ2) is 8.38. The number of nitrogens with zero attached hydrogens (tertiary/aromatic N) is 2.